The standard InChI is InChI=1S/C15H18N4O3S.ClH/c1-22-11-4-2-10(3-5-11)14(20)17-6-7-18-15(21)12-9-23-13(8-16)19-12;/h2-5,9H,6-8,16H2,1H3,(H,17,20)(H,18,21);1H. The highest BCUT2D eigenvalue weighted by Crippen LogP contribution is 2.11. The summed E-state index contributed by atoms with van der Waals surface area (Å²) in [6.45, 7) is 0.955. The fraction of sp³-hybridized carbons (Fsp3) is 0.267. The largest absolute Gasteiger partial charge is 0.497 e. The predicted molar refractivity (Wildman–Crippen MR) is 94.9 cm³/mol. The Kier molecular flexibility index (Phi) is 8.17. The number of amides is 2. The third-order valence-corrected chi connectivity index (χ3v) is 3.88. The molecule has 0 bridgehead atoms. The lowest BCUT2D eigenvalue weighted by Gasteiger charge is -2.07. The van der Waals surface area contributed by atoms with E-state index in [1.54, 1.807) is 36.8 Å². The lowest BCUT2D eigenvalue weighted by Crippen LogP contribution is -2.34. The summed E-state index contributed by atoms with van der Waals surface area (Å²) in [4.78, 5) is 27.8. The molecular weight excluding hydrogens is 352 g/mol. The summed E-state index contributed by atoms with van der Waals surface area (Å²) in [5, 5.41) is 7.79. The van der Waals surface area contributed by atoms with E-state index in [1.807, 2.05) is 0 Å². The van der Waals surface area contributed by atoms with Crippen LogP contribution in [0, 0.1) is 0 Å². The summed E-state index contributed by atoms with van der Waals surface area (Å²) in [7, 11) is 1.57. The minimum atomic E-state index is -0.278. The molecule has 130 valence electrons. The van der Waals surface area contributed by atoms with Crippen LogP contribution in [-0.4, -0.2) is 37.0 Å². The number of nitrogens with one attached hydrogen (secondary N) is 2. The van der Waals surface area contributed by atoms with Gasteiger partial charge in [0, 0.05) is 30.6 Å². The summed E-state index contributed by atoms with van der Waals surface area (Å²) < 4.78 is 5.03. The Morgan fingerprint density at radius 2 is 1.79 bits per heavy atom. The first-order valence-electron chi connectivity index (χ1n) is 6.99. The Balaban J connectivity index is 0.00000288. The van der Waals surface area contributed by atoms with Gasteiger partial charge in [0.1, 0.15) is 16.5 Å². The minimum absolute atomic E-state index is 0. The summed E-state index contributed by atoms with van der Waals surface area (Å²) in [5.41, 5.74) is 6.33. The van der Waals surface area contributed by atoms with E-state index >= 15 is 0 Å². The molecule has 9 heteroatoms. The molecule has 1 heterocycles. The normalized spacial score (nSPS) is 9.75. The van der Waals surface area contributed by atoms with Gasteiger partial charge in [0.05, 0.1) is 7.11 Å². The first kappa shape index (κ1) is 19.9. The van der Waals surface area contributed by atoms with Crippen molar-refractivity contribution < 1.29 is 14.3 Å². The monoisotopic (exact) mass is 370 g/mol. The van der Waals surface area contributed by atoms with Crippen LogP contribution in [0.2, 0.25) is 0 Å². The van der Waals surface area contributed by atoms with Gasteiger partial charge >= 0.3 is 0 Å². The van der Waals surface area contributed by atoms with Crippen molar-refractivity contribution in [2.24, 2.45) is 5.73 Å². The average molecular weight is 371 g/mol. The number of methoxy groups -OCH3 is 1. The molecule has 0 aliphatic heterocycles. The maximum Gasteiger partial charge on any atom is 0.270 e. The molecule has 0 radical (unpaired) electrons. The zero-order valence-electron chi connectivity index (χ0n) is 13.1. The number of hydrogen-bond donors (Lipinski definition) is 3. The van der Waals surface area contributed by atoms with E-state index in [4.69, 9.17) is 10.5 Å². The molecule has 0 saturated heterocycles. The van der Waals surface area contributed by atoms with Gasteiger partial charge in [-0.1, -0.05) is 0 Å². The maximum atomic E-state index is 11.9. The summed E-state index contributed by atoms with van der Waals surface area (Å²) in [6.07, 6.45) is 0. The molecule has 0 spiro atoms. The minimum Gasteiger partial charge on any atom is -0.497 e. The Morgan fingerprint density at radius 1 is 1.17 bits per heavy atom. The third-order valence-electron chi connectivity index (χ3n) is 3.01. The molecule has 0 aliphatic carbocycles. The van der Waals surface area contributed by atoms with Gasteiger partial charge in [-0.05, 0) is 24.3 Å². The molecule has 7 nitrogen and oxygen atoms in total. The van der Waals surface area contributed by atoms with Crippen LogP contribution >= 0.6 is 23.7 Å². The molecule has 0 aliphatic rings. The van der Waals surface area contributed by atoms with Crippen LogP contribution in [-0.2, 0) is 6.54 Å². The Morgan fingerprint density at radius 3 is 2.33 bits per heavy atom. The lowest BCUT2D eigenvalue weighted by molar-refractivity contribution is 0.0925. The quantitative estimate of drug-likeness (QED) is 0.635. The van der Waals surface area contributed by atoms with Crippen molar-refractivity contribution in [1.82, 2.24) is 15.6 Å². The van der Waals surface area contributed by atoms with Crippen molar-refractivity contribution in [2.45, 2.75) is 6.54 Å². The van der Waals surface area contributed by atoms with E-state index in [1.165, 1.54) is 11.3 Å². The Hall–Kier alpha value is -2.16. The van der Waals surface area contributed by atoms with Crippen molar-refractivity contribution in [3.8, 4) is 5.75 Å². The second-order valence-corrected chi connectivity index (χ2v) is 5.51. The summed E-state index contributed by atoms with van der Waals surface area (Å²) in [5.74, 6) is 0.203. The second-order valence-electron chi connectivity index (χ2n) is 4.57. The van der Waals surface area contributed by atoms with E-state index in [-0.39, 0.29) is 24.2 Å². The highest BCUT2D eigenvalue weighted by molar-refractivity contribution is 7.09. The van der Waals surface area contributed by atoms with E-state index in [2.05, 4.69) is 15.6 Å². The van der Waals surface area contributed by atoms with Crippen molar-refractivity contribution in [3.63, 3.8) is 0 Å². The molecule has 2 rings (SSSR count). The number of rotatable bonds is 7. The fourth-order valence-electron chi connectivity index (χ4n) is 1.80. The topological polar surface area (TPSA) is 106 Å². The van der Waals surface area contributed by atoms with Crippen LogP contribution in [0.3, 0.4) is 0 Å². The molecule has 4 N–H and O–H groups in total. The van der Waals surface area contributed by atoms with Gasteiger partial charge in [0.25, 0.3) is 11.8 Å². The van der Waals surface area contributed by atoms with Gasteiger partial charge in [-0.15, -0.1) is 23.7 Å². The zero-order chi connectivity index (χ0) is 16.7. The molecule has 0 fully saturated rings. The second kappa shape index (κ2) is 9.86. The first-order chi connectivity index (χ1) is 11.1. The van der Waals surface area contributed by atoms with Crippen molar-refractivity contribution in [2.75, 3.05) is 20.2 Å². The van der Waals surface area contributed by atoms with Gasteiger partial charge < -0.3 is 21.1 Å². The van der Waals surface area contributed by atoms with E-state index < -0.39 is 0 Å². The lowest BCUT2D eigenvalue weighted by atomic mass is 10.2. The maximum absolute atomic E-state index is 11.9. The van der Waals surface area contributed by atoms with Crippen LogP contribution in [0.25, 0.3) is 0 Å². The van der Waals surface area contributed by atoms with Crippen molar-refractivity contribution in [1.29, 1.82) is 0 Å². The van der Waals surface area contributed by atoms with Gasteiger partial charge in [-0.25, -0.2) is 4.98 Å². The van der Waals surface area contributed by atoms with Gasteiger partial charge in [-0.2, -0.15) is 0 Å². The summed E-state index contributed by atoms with van der Waals surface area (Å²) in [6, 6.07) is 6.79. The van der Waals surface area contributed by atoms with Crippen LogP contribution in [0.4, 0.5) is 0 Å². The van der Waals surface area contributed by atoms with Crippen LogP contribution in [0.5, 0.6) is 5.75 Å². The molecule has 0 atom stereocenters. The number of hydrogen-bond acceptors (Lipinski definition) is 6. The zero-order valence-corrected chi connectivity index (χ0v) is 14.7. The number of halogens is 1. The number of ether oxygens (including phenoxy) is 1. The molecule has 2 aromatic rings. The number of carbonyl (C=O) groups excluding carboxylic acids is 2. The molecule has 1 aromatic carbocycles. The van der Waals surface area contributed by atoms with Crippen LogP contribution in [0.1, 0.15) is 25.9 Å². The van der Waals surface area contributed by atoms with Crippen LogP contribution < -0.4 is 21.1 Å². The van der Waals surface area contributed by atoms with Gasteiger partial charge in [-0.3, -0.25) is 9.59 Å². The highest BCUT2D eigenvalue weighted by atomic mass is 35.5. The highest BCUT2D eigenvalue weighted by Gasteiger charge is 2.10. The molecule has 0 saturated carbocycles. The van der Waals surface area contributed by atoms with E-state index in [0.717, 1.165) is 0 Å². The Bertz CT molecular complexity index is 676. The third kappa shape index (κ3) is 5.48. The molecule has 0 unspecified atom stereocenters. The molecular formula is C15H19ClN4O3S. The molecule has 24 heavy (non-hydrogen) atoms. The predicted octanol–water partition coefficient (Wildman–Crippen LogP) is 1.19. The number of aromatic nitrogens is 1. The van der Waals surface area contributed by atoms with Gasteiger partial charge in [0.15, 0.2) is 0 Å². The number of thiazole rings is 1. The van der Waals surface area contributed by atoms with Crippen molar-refractivity contribution in [3.05, 3.63) is 45.9 Å². The van der Waals surface area contributed by atoms with Gasteiger partial charge in [0.2, 0.25) is 0 Å². The molecule has 1 aromatic heterocycles. The average Bonchev–Trinajstić information content (AvgIpc) is 3.07. The summed E-state index contributed by atoms with van der Waals surface area (Å²) >= 11 is 1.35. The number of benzene rings is 1. The van der Waals surface area contributed by atoms with Crippen LogP contribution in [0.15, 0.2) is 29.6 Å². The number of nitrogens with zero attached hydrogens (tertiary/aromatic N) is 1. The smallest absolute Gasteiger partial charge is 0.270 e. The number of carbonyl (C=O) groups is 2. The van der Waals surface area contributed by atoms with E-state index in [9.17, 15) is 9.59 Å². The first-order valence-corrected chi connectivity index (χ1v) is 7.87. The SMILES string of the molecule is COc1ccc(C(=O)NCCNC(=O)c2csc(CN)n2)cc1.Cl. The van der Waals surface area contributed by atoms with Crippen molar-refractivity contribution >= 4 is 35.6 Å². The fourth-order valence-corrected chi connectivity index (χ4v) is 2.45. The van der Waals surface area contributed by atoms with E-state index in [0.29, 0.717) is 41.6 Å². The number of nitrogens with two attached hydrogens (primary N) is 1. The Labute approximate surface area is 150 Å². The molecule has 2 amide bonds.